The number of ether oxygens (including phenoxy) is 1. The topological polar surface area (TPSA) is 79.9 Å². The van der Waals surface area contributed by atoms with Gasteiger partial charge in [-0.3, -0.25) is 9.89 Å². The van der Waals surface area contributed by atoms with E-state index in [0.29, 0.717) is 18.1 Å². The van der Waals surface area contributed by atoms with Crippen LogP contribution in [-0.4, -0.2) is 28.2 Å². The summed E-state index contributed by atoms with van der Waals surface area (Å²) < 4.78 is 5.00. The van der Waals surface area contributed by atoms with Crippen molar-refractivity contribution in [1.29, 1.82) is 0 Å². The van der Waals surface area contributed by atoms with E-state index in [2.05, 4.69) is 20.5 Å². The lowest BCUT2D eigenvalue weighted by Crippen LogP contribution is -2.23. The average Bonchev–Trinajstić information content (AvgIpc) is 3.11. The summed E-state index contributed by atoms with van der Waals surface area (Å²) in [5, 5.41) is 9.76. The smallest absolute Gasteiger partial charge is 0.269 e. The Morgan fingerprint density at radius 2 is 2.04 bits per heavy atom. The number of amides is 1. The van der Waals surface area contributed by atoms with Crippen LogP contribution in [0.1, 0.15) is 16.1 Å². The summed E-state index contributed by atoms with van der Waals surface area (Å²) in [6.45, 7) is 0.384. The van der Waals surface area contributed by atoms with E-state index in [-0.39, 0.29) is 5.91 Å². The number of hydrogen-bond acceptors (Lipinski definition) is 4. The molecule has 0 aliphatic carbocycles. The molecule has 2 N–H and O–H groups in total. The molecule has 0 radical (unpaired) electrons. The fourth-order valence-electron chi connectivity index (χ4n) is 2.11. The van der Waals surface area contributed by atoms with Crippen LogP contribution in [0.3, 0.4) is 0 Å². The molecule has 0 spiro atoms. The highest BCUT2D eigenvalue weighted by molar-refractivity contribution is 5.93. The molecule has 0 aliphatic heterocycles. The number of hydrogen-bond donors (Lipinski definition) is 2. The number of carbonyl (C=O) groups excluding carboxylic acids is 1. The molecule has 6 nitrogen and oxygen atoms in total. The van der Waals surface area contributed by atoms with Gasteiger partial charge in [0, 0.05) is 24.4 Å². The van der Waals surface area contributed by atoms with Gasteiger partial charge < -0.3 is 10.1 Å². The van der Waals surface area contributed by atoms with Gasteiger partial charge in [0.15, 0.2) is 0 Å². The minimum Gasteiger partial charge on any atom is -0.481 e. The molecule has 0 atom stereocenters. The summed E-state index contributed by atoms with van der Waals surface area (Å²) in [4.78, 5) is 16.3. The number of benzene rings is 1. The lowest BCUT2D eigenvalue weighted by atomic mass is 10.1. The third kappa shape index (κ3) is 3.55. The first-order chi connectivity index (χ1) is 11.3. The molecule has 0 saturated carbocycles. The number of aromatic amines is 1. The van der Waals surface area contributed by atoms with Crippen molar-refractivity contribution < 1.29 is 9.53 Å². The highest BCUT2D eigenvalue weighted by Gasteiger charge is 2.10. The van der Waals surface area contributed by atoms with Crippen LogP contribution >= 0.6 is 0 Å². The number of H-pyrrole nitrogens is 1. The van der Waals surface area contributed by atoms with Crippen LogP contribution < -0.4 is 10.1 Å². The molecule has 2 heterocycles. The summed E-state index contributed by atoms with van der Waals surface area (Å²) in [6.07, 6.45) is 1.67. The standard InChI is InChI=1S/C17H16N4O2/c1-23-16-8-7-12(10-18-16)11-19-17(22)15-9-14(20-21-15)13-5-3-2-4-6-13/h2-10H,11H2,1H3,(H,19,22)(H,20,21). The molecule has 3 aromatic rings. The molecule has 6 heteroatoms. The first kappa shape index (κ1) is 14.8. The number of nitrogens with zero attached hydrogens (tertiary/aromatic N) is 2. The van der Waals surface area contributed by atoms with Gasteiger partial charge in [-0.05, 0) is 11.6 Å². The minimum absolute atomic E-state index is 0.213. The Labute approximate surface area is 133 Å². The molecule has 0 saturated heterocycles. The largest absolute Gasteiger partial charge is 0.481 e. The summed E-state index contributed by atoms with van der Waals surface area (Å²) in [7, 11) is 1.56. The summed E-state index contributed by atoms with van der Waals surface area (Å²) in [5.41, 5.74) is 3.01. The molecule has 2 aromatic heterocycles. The summed E-state index contributed by atoms with van der Waals surface area (Å²) in [6, 6.07) is 15.0. The molecule has 1 amide bonds. The van der Waals surface area contributed by atoms with Gasteiger partial charge in [-0.25, -0.2) is 4.98 Å². The molecule has 23 heavy (non-hydrogen) atoms. The van der Waals surface area contributed by atoms with Crippen molar-refractivity contribution in [2.75, 3.05) is 7.11 Å². The van der Waals surface area contributed by atoms with Gasteiger partial charge in [0.2, 0.25) is 5.88 Å². The van der Waals surface area contributed by atoms with Gasteiger partial charge >= 0.3 is 0 Å². The molecule has 116 valence electrons. The Morgan fingerprint density at radius 1 is 1.22 bits per heavy atom. The van der Waals surface area contributed by atoms with Crippen LogP contribution in [0, 0.1) is 0 Å². The highest BCUT2D eigenvalue weighted by atomic mass is 16.5. The Morgan fingerprint density at radius 3 is 2.74 bits per heavy atom. The maximum absolute atomic E-state index is 12.2. The maximum Gasteiger partial charge on any atom is 0.269 e. The van der Waals surface area contributed by atoms with Crippen molar-refractivity contribution in [2.24, 2.45) is 0 Å². The van der Waals surface area contributed by atoms with Gasteiger partial charge in [-0.1, -0.05) is 36.4 Å². The first-order valence-electron chi connectivity index (χ1n) is 7.14. The quantitative estimate of drug-likeness (QED) is 0.758. The highest BCUT2D eigenvalue weighted by Crippen LogP contribution is 2.16. The van der Waals surface area contributed by atoms with Crippen LogP contribution in [0.2, 0.25) is 0 Å². The third-order valence-electron chi connectivity index (χ3n) is 3.35. The number of nitrogens with one attached hydrogen (secondary N) is 2. The minimum atomic E-state index is -0.213. The van der Waals surface area contributed by atoms with E-state index in [4.69, 9.17) is 4.74 Å². The van der Waals surface area contributed by atoms with Gasteiger partial charge in [0.1, 0.15) is 5.69 Å². The second kappa shape index (κ2) is 6.74. The van der Waals surface area contributed by atoms with Crippen LogP contribution in [-0.2, 0) is 6.54 Å². The van der Waals surface area contributed by atoms with Crippen molar-refractivity contribution in [3.05, 3.63) is 66.0 Å². The second-order valence-electron chi connectivity index (χ2n) is 4.92. The fraction of sp³-hybridized carbons (Fsp3) is 0.118. The van der Waals surface area contributed by atoms with E-state index >= 15 is 0 Å². The SMILES string of the molecule is COc1ccc(CNC(=O)c2cc(-c3ccccc3)n[nH]2)cn1. The fourth-order valence-corrected chi connectivity index (χ4v) is 2.11. The predicted molar refractivity (Wildman–Crippen MR) is 86.0 cm³/mol. The molecular weight excluding hydrogens is 292 g/mol. The van der Waals surface area contributed by atoms with E-state index in [1.165, 1.54) is 0 Å². The van der Waals surface area contributed by atoms with Gasteiger partial charge in [-0.2, -0.15) is 5.10 Å². The summed E-state index contributed by atoms with van der Waals surface area (Å²) in [5.74, 6) is 0.330. The van der Waals surface area contributed by atoms with Crippen molar-refractivity contribution in [1.82, 2.24) is 20.5 Å². The Bertz CT molecular complexity index is 782. The Kier molecular flexibility index (Phi) is 4.33. The van der Waals surface area contributed by atoms with Crippen molar-refractivity contribution in [3.63, 3.8) is 0 Å². The number of carbonyl (C=O) groups is 1. The normalized spacial score (nSPS) is 10.3. The van der Waals surface area contributed by atoms with Crippen LogP contribution in [0.4, 0.5) is 0 Å². The van der Waals surface area contributed by atoms with Gasteiger partial charge in [-0.15, -0.1) is 0 Å². The zero-order valence-electron chi connectivity index (χ0n) is 12.6. The van der Waals surface area contributed by atoms with Crippen molar-refractivity contribution >= 4 is 5.91 Å². The molecular formula is C17H16N4O2. The number of rotatable bonds is 5. The Balaban J connectivity index is 1.63. The summed E-state index contributed by atoms with van der Waals surface area (Å²) >= 11 is 0. The molecule has 0 aliphatic rings. The van der Waals surface area contributed by atoms with E-state index in [1.807, 2.05) is 36.4 Å². The molecule has 1 aromatic carbocycles. The van der Waals surface area contributed by atoms with Crippen LogP contribution in [0.15, 0.2) is 54.7 Å². The lowest BCUT2D eigenvalue weighted by Gasteiger charge is -2.04. The molecule has 0 bridgehead atoms. The molecule has 0 unspecified atom stereocenters. The number of pyridine rings is 1. The zero-order chi connectivity index (χ0) is 16.1. The van der Waals surface area contributed by atoms with E-state index in [9.17, 15) is 4.79 Å². The number of methoxy groups -OCH3 is 1. The lowest BCUT2D eigenvalue weighted by molar-refractivity contribution is 0.0946. The molecule has 3 rings (SSSR count). The zero-order valence-corrected chi connectivity index (χ0v) is 12.6. The second-order valence-corrected chi connectivity index (χ2v) is 4.92. The van der Waals surface area contributed by atoms with E-state index in [0.717, 1.165) is 16.8 Å². The number of aromatic nitrogens is 3. The van der Waals surface area contributed by atoms with Gasteiger partial charge in [0.05, 0.1) is 12.8 Å². The van der Waals surface area contributed by atoms with Crippen molar-refractivity contribution in [3.8, 4) is 17.1 Å². The maximum atomic E-state index is 12.2. The van der Waals surface area contributed by atoms with Gasteiger partial charge in [0.25, 0.3) is 5.91 Å². The molecule has 0 fully saturated rings. The van der Waals surface area contributed by atoms with E-state index in [1.54, 1.807) is 25.4 Å². The third-order valence-corrected chi connectivity index (χ3v) is 3.35. The monoisotopic (exact) mass is 308 g/mol. The van der Waals surface area contributed by atoms with Crippen LogP contribution in [0.5, 0.6) is 5.88 Å². The predicted octanol–water partition coefficient (Wildman–Crippen LogP) is 2.41. The van der Waals surface area contributed by atoms with Crippen LogP contribution in [0.25, 0.3) is 11.3 Å². The first-order valence-corrected chi connectivity index (χ1v) is 7.14. The van der Waals surface area contributed by atoms with Crippen molar-refractivity contribution in [2.45, 2.75) is 6.54 Å². The van der Waals surface area contributed by atoms with E-state index < -0.39 is 0 Å². The Hall–Kier alpha value is -3.15. The average molecular weight is 308 g/mol.